The Labute approximate surface area is 275 Å². The van der Waals surface area contributed by atoms with E-state index in [9.17, 15) is 22.8 Å². The van der Waals surface area contributed by atoms with Crippen LogP contribution in [0.25, 0.3) is 11.4 Å². The maximum atomic E-state index is 14.2. The van der Waals surface area contributed by atoms with Crippen molar-refractivity contribution >= 4 is 27.6 Å². The van der Waals surface area contributed by atoms with Gasteiger partial charge in [-0.2, -0.15) is 5.10 Å². The van der Waals surface area contributed by atoms with Crippen LogP contribution in [0.2, 0.25) is 0 Å². The molecule has 0 saturated carbocycles. The molecule has 3 amide bonds. The van der Waals surface area contributed by atoms with Crippen molar-refractivity contribution in [1.29, 1.82) is 0 Å². The molecule has 5 rings (SSSR count). The number of carbonyl (C=O) groups excluding carboxylic acids is 3. The number of carbonyl (C=O) groups is 3. The molecule has 2 N–H and O–H groups in total. The van der Waals surface area contributed by atoms with E-state index >= 15 is 0 Å². The zero-order valence-corrected chi connectivity index (χ0v) is 27.6. The molecule has 1 aromatic heterocycles. The van der Waals surface area contributed by atoms with Gasteiger partial charge in [0.2, 0.25) is 11.8 Å². The second-order valence-electron chi connectivity index (χ2n) is 12.0. The number of hydrogen-bond acceptors (Lipinski definition) is 7. The second-order valence-corrected chi connectivity index (χ2v) is 14.0. The lowest BCUT2D eigenvalue weighted by molar-refractivity contribution is -0.129. The first kappa shape index (κ1) is 33.5. The van der Waals surface area contributed by atoms with Crippen LogP contribution >= 0.6 is 0 Å². The Bertz CT molecular complexity index is 1830. The van der Waals surface area contributed by atoms with E-state index in [2.05, 4.69) is 10.6 Å². The lowest BCUT2D eigenvalue weighted by Crippen LogP contribution is -2.47. The van der Waals surface area contributed by atoms with Crippen molar-refractivity contribution in [3.8, 4) is 11.4 Å². The summed E-state index contributed by atoms with van der Waals surface area (Å²) in [5.41, 5.74) is 1.48. The summed E-state index contributed by atoms with van der Waals surface area (Å²) in [6.07, 6.45) is 0.384. The van der Waals surface area contributed by atoms with Crippen LogP contribution in [0.15, 0.2) is 89.8 Å². The lowest BCUT2D eigenvalue weighted by atomic mass is 10.0. The minimum Gasteiger partial charge on any atom is -0.345 e. The Balaban J connectivity index is 1.52. The van der Waals surface area contributed by atoms with Gasteiger partial charge in [-0.1, -0.05) is 86.6 Å². The van der Waals surface area contributed by atoms with Gasteiger partial charge in [0.1, 0.15) is 6.04 Å². The van der Waals surface area contributed by atoms with Gasteiger partial charge >= 0.3 is 0 Å². The highest BCUT2D eigenvalue weighted by Crippen LogP contribution is 2.26. The van der Waals surface area contributed by atoms with Gasteiger partial charge in [-0.3, -0.25) is 14.4 Å². The van der Waals surface area contributed by atoms with Gasteiger partial charge in [-0.05, 0) is 37.0 Å². The van der Waals surface area contributed by atoms with Crippen molar-refractivity contribution in [3.05, 3.63) is 102 Å². The third kappa shape index (κ3) is 8.12. The van der Waals surface area contributed by atoms with Gasteiger partial charge in [-0.15, -0.1) is 0 Å². The predicted octanol–water partition coefficient (Wildman–Crippen LogP) is 4.17. The van der Waals surface area contributed by atoms with Crippen molar-refractivity contribution in [2.45, 2.75) is 62.9 Å². The smallest absolute Gasteiger partial charge is 0.255 e. The molecule has 11 nitrogen and oxygen atoms in total. The first-order valence-electron chi connectivity index (χ1n) is 15.8. The number of hydrogen-bond donors (Lipinski definition) is 2. The molecular formula is C35H40N6O5S. The van der Waals surface area contributed by atoms with Crippen molar-refractivity contribution in [2.75, 3.05) is 13.1 Å². The highest BCUT2D eigenvalue weighted by atomic mass is 32.2. The van der Waals surface area contributed by atoms with E-state index < -0.39 is 27.8 Å². The predicted molar refractivity (Wildman–Crippen MR) is 178 cm³/mol. The molecule has 12 heteroatoms. The number of amides is 3. The molecule has 1 aliphatic heterocycles. The summed E-state index contributed by atoms with van der Waals surface area (Å²) in [7, 11) is -3.87. The molecule has 246 valence electrons. The van der Waals surface area contributed by atoms with Crippen LogP contribution in [-0.2, 0) is 31.7 Å². The second kappa shape index (κ2) is 14.7. The van der Waals surface area contributed by atoms with Crippen molar-refractivity contribution in [1.82, 2.24) is 30.3 Å². The minimum atomic E-state index is -3.87. The minimum absolute atomic E-state index is 0.0461. The molecule has 1 aliphatic rings. The Morgan fingerprint density at radius 3 is 2.26 bits per heavy atom. The summed E-state index contributed by atoms with van der Waals surface area (Å²) in [6, 6.07) is 23.2. The summed E-state index contributed by atoms with van der Waals surface area (Å²) in [6.45, 7) is 6.11. The number of fused-ring (bicyclic) bond motifs is 1. The Kier molecular flexibility index (Phi) is 10.5. The topological polar surface area (TPSA) is 143 Å². The monoisotopic (exact) mass is 656 g/mol. The van der Waals surface area contributed by atoms with Crippen molar-refractivity contribution in [2.24, 2.45) is 5.92 Å². The lowest BCUT2D eigenvalue weighted by Gasteiger charge is -2.27. The van der Waals surface area contributed by atoms with Gasteiger partial charge in [0.15, 0.2) is 21.5 Å². The quantitative estimate of drug-likeness (QED) is 0.317. The molecule has 47 heavy (non-hydrogen) atoms. The molecule has 4 aromatic rings. The molecule has 2 heterocycles. The number of rotatable bonds is 6. The molecule has 2 atom stereocenters. The van der Waals surface area contributed by atoms with Crippen LogP contribution in [-0.4, -0.2) is 64.9 Å². The van der Waals surface area contributed by atoms with Crippen LogP contribution < -0.4 is 10.6 Å². The van der Waals surface area contributed by atoms with Crippen molar-refractivity contribution in [3.63, 3.8) is 0 Å². The molecule has 3 aromatic carbocycles. The third-order valence-electron chi connectivity index (χ3n) is 8.10. The number of nitrogens with zero attached hydrogens (tertiary/aromatic N) is 4. The number of sulfone groups is 1. The van der Waals surface area contributed by atoms with Crippen LogP contribution in [0.5, 0.6) is 0 Å². The van der Waals surface area contributed by atoms with E-state index in [1.807, 2.05) is 50.2 Å². The van der Waals surface area contributed by atoms with Crippen LogP contribution in [0.1, 0.15) is 61.4 Å². The summed E-state index contributed by atoms with van der Waals surface area (Å²) >= 11 is 0. The van der Waals surface area contributed by atoms with Gasteiger partial charge in [-0.25, -0.2) is 18.1 Å². The summed E-state index contributed by atoms with van der Waals surface area (Å²) in [5.74, 6) is -0.461. The average molecular weight is 657 g/mol. The van der Waals surface area contributed by atoms with Gasteiger partial charge in [0, 0.05) is 25.1 Å². The number of benzene rings is 3. The molecule has 0 spiro atoms. The molecule has 0 saturated heterocycles. The van der Waals surface area contributed by atoms with Crippen LogP contribution in [0.3, 0.4) is 0 Å². The maximum Gasteiger partial charge on any atom is 0.255 e. The van der Waals surface area contributed by atoms with E-state index in [0.717, 1.165) is 5.56 Å². The SMILES string of the molecule is CC(C)[C@@H]1NC(=O)[C@@H](C)NC(=O)CCCN(C(=O)c2ccccc2S(=O)(=O)Cc2ccccc2)CCn2nc(-c3ccccc3)nc21. The van der Waals surface area contributed by atoms with Gasteiger partial charge < -0.3 is 15.5 Å². The third-order valence-corrected chi connectivity index (χ3v) is 9.84. The van der Waals surface area contributed by atoms with E-state index in [1.165, 1.54) is 12.1 Å². The molecule has 0 radical (unpaired) electrons. The van der Waals surface area contributed by atoms with Gasteiger partial charge in [0.25, 0.3) is 5.91 Å². The maximum absolute atomic E-state index is 14.2. The molecule has 0 bridgehead atoms. The highest BCUT2D eigenvalue weighted by molar-refractivity contribution is 7.90. The normalized spacial score (nSPS) is 18.2. The molecule has 0 unspecified atom stereocenters. The Hall–Kier alpha value is -4.84. The Morgan fingerprint density at radius 1 is 0.894 bits per heavy atom. The zero-order chi connectivity index (χ0) is 33.6. The van der Waals surface area contributed by atoms with Crippen LogP contribution in [0, 0.1) is 5.92 Å². The summed E-state index contributed by atoms with van der Waals surface area (Å²) in [5, 5.41) is 10.6. The number of aromatic nitrogens is 3. The fourth-order valence-corrected chi connectivity index (χ4v) is 7.13. The first-order chi connectivity index (χ1) is 22.5. The summed E-state index contributed by atoms with van der Waals surface area (Å²) < 4.78 is 28.9. The molecule has 0 aliphatic carbocycles. The van der Waals surface area contributed by atoms with E-state index in [0.29, 0.717) is 23.6 Å². The Morgan fingerprint density at radius 2 is 1.55 bits per heavy atom. The standard InChI is InChI=1S/C35H40N6O5S/c1-24(2)31-33-38-32(27-15-8-5-9-16-27)39-41(33)22-21-40(20-12-19-30(42)36-25(3)34(43)37-31)35(44)28-17-10-11-18-29(28)47(45,46)23-26-13-6-4-7-14-26/h4-11,13-18,24-25,31H,12,19-23H2,1-3H3,(H,36,42)(H,37,43)/t25-,31+/m1/s1. The highest BCUT2D eigenvalue weighted by Gasteiger charge is 2.30. The number of nitrogens with one attached hydrogen (secondary N) is 2. The van der Waals surface area contributed by atoms with Gasteiger partial charge in [0.05, 0.1) is 28.8 Å². The van der Waals surface area contributed by atoms with E-state index in [-0.39, 0.29) is 60.0 Å². The fraction of sp³-hybridized carbons (Fsp3) is 0.343. The zero-order valence-electron chi connectivity index (χ0n) is 26.8. The van der Waals surface area contributed by atoms with E-state index in [4.69, 9.17) is 10.1 Å². The molecule has 0 fully saturated rings. The van der Waals surface area contributed by atoms with Crippen molar-refractivity contribution < 1.29 is 22.8 Å². The van der Waals surface area contributed by atoms with E-state index in [1.54, 1.807) is 52.9 Å². The molecular weight excluding hydrogens is 616 g/mol. The first-order valence-corrected chi connectivity index (χ1v) is 17.4. The largest absolute Gasteiger partial charge is 0.345 e. The average Bonchev–Trinajstić information content (AvgIpc) is 3.48. The van der Waals surface area contributed by atoms with Crippen LogP contribution in [0.4, 0.5) is 0 Å². The summed E-state index contributed by atoms with van der Waals surface area (Å²) in [4.78, 5) is 46.5. The fourth-order valence-electron chi connectivity index (χ4n) is 5.56.